The van der Waals surface area contributed by atoms with Crippen molar-refractivity contribution >= 4 is 52.1 Å². The van der Waals surface area contributed by atoms with Crippen LogP contribution in [0.25, 0.3) is 0 Å². The van der Waals surface area contributed by atoms with Crippen molar-refractivity contribution in [3.8, 4) is 0 Å². The van der Waals surface area contributed by atoms with Gasteiger partial charge in [0.25, 0.3) is 0 Å². The van der Waals surface area contributed by atoms with Crippen LogP contribution in [0, 0.1) is 0 Å². The molecule has 0 saturated carbocycles. The number of hydrogen-bond acceptors (Lipinski definition) is 3. The van der Waals surface area contributed by atoms with Crippen molar-refractivity contribution in [3.63, 3.8) is 0 Å². The number of carbonyl (C=O) groups is 1. The van der Waals surface area contributed by atoms with Crippen LogP contribution in [-0.4, -0.2) is 43.5 Å². The zero-order chi connectivity index (χ0) is 17.8. The van der Waals surface area contributed by atoms with Crippen molar-refractivity contribution in [1.29, 1.82) is 0 Å². The van der Waals surface area contributed by atoms with E-state index in [1.165, 1.54) is 0 Å². The fourth-order valence-corrected chi connectivity index (χ4v) is 3.50. The van der Waals surface area contributed by atoms with E-state index in [1.54, 1.807) is 18.2 Å². The molecule has 25 heavy (non-hydrogen) atoms. The largest absolute Gasteiger partial charge is 0.369 e. The van der Waals surface area contributed by atoms with Crippen LogP contribution in [0.15, 0.2) is 42.5 Å². The molecule has 4 nitrogen and oxygen atoms in total. The second kappa shape index (κ2) is 8.28. The summed E-state index contributed by atoms with van der Waals surface area (Å²) in [4.78, 5) is 16.7. The Labute approximate surface area is 162 Å². The van der Waals surface area contributed by atoms with Crippen molar-refractivity contribution in [2.24, 2.45) is 0 Å². The lowest BCUT2D eigenvalue weighted by atomic mass is 10.2. The van der Waals surface area contributed by atoms with Gasteiger partial charge >= 0.3 is 0 Å². The molecule has 0 aliphatic carbocycles. The average Bonchev–Trinajstić information content (AvgIpc) is 2.55. The van der Waals surface area contributed by atoms with Crippen LogP contribution in [0.3, 0.4) is 0 Å². The molecule has 3 rings (SSSR count). The minimum atomic E-state index is -0.0710. The summed E-state index contributed by atoms with van der Waals surface area (Å²) in [6.07, 6.45) is 0. The Kier molecular flexibility index (Phi) is 6.07. The van der Waals surface area contributed by atoms with E-state index in [0.717, 1.165) is 36.9 Å². The van der Waals surface area contributed by atoms with Crippen LogP contribution in [0.1, 0.15) is 0 Å². The van der Waals surface area contributed by atoms with E-state index in [1.807, 2.05) is 24.3 Å². The van der Waals surface area contributed by atoms with Crippen molar-refractivity contribution in [2.45, 2.75) is 0 Å². The first kappa shape index (κ1) is 18.3. The number of carbonyl (C=O) groups excluding carboxylic acids is 1. The third-order valence-electron chi connectivity index (χ3n) is 4.08. The monoisotopic (exact) mass is 397 g/mol. The van der Waals surface area contributed by atoms with Gasteiger partial charge in [-0.1, -0.05) is 34.8 Å². The summed E-state index contributed by atoms with van der Waals surface area (Å²) in [5, 5.41) is 4.58. The lowest BCUT2D eigenvalue weighted by molar-refractivity contribution is -0.117. The van der Waals surface area contributed by atoms with Crippen LogP contribution < -0.4 is 10.2 Å². The average molecular weight is 399 g/mol. The van der Waals surface area contributed by atoms with Crippen LogP contribution in [0.5, 0.6) is 0 Å². The highest BCUT2D eigenvalue weighted by Crippen LogP contribution is 2.23. The maximum Gasteiger partial charge on any atom is 0.238 e. The van der Waals surface area contributed by atoms with Gasteiger partial charge in [-0.25, -0.2) is 0 Å². The Morgan fingerprint density at radius 2 is 1.48 bits per heavy atom. The van der Waals surface area contributed by atoms with Gasteiger partial charge in [-0.3, -0.25) is 9.69 Å². The maximum absolute atomic E-state index is 12.2. The maximum atomic E-state index is 12.2. The first-order valence-corrected chi connectivity index (χ1v) is 9.12. The highest BCUT2D eigenvalue weighted by atomic mass is 35.5. The van der Waals surface area contributed by atoms with E-state index < -0.39 is 0 Å². The van der Waals surface area contributed by atoms with Gasteiger partial charge in [-0.2, -0.15) is 0 Å². The fraction of sp³-hybridized carbons (Fsp3) is 0.278. The summed E-state index contributed by atoms with van der Waals surface area (Å²) >= 11 is 17.8. The smallest absolute Gasteiger partial charge is 0.238 e. The molecule has 0 spiro atoms. The first-order chi connectivity index (χ1) is 12.0. The molecule has 1 fully saturated rings. The van der Waals surface area contributed by atoms with Crippen molar-refractivity contribution in [1.82, 2.24) is 4.90 Å². The molecular weight excluding hydrogens is 381 g/mol. The Balaban J connectivity index is 1.50. The van der Waals surface area contributed by atoms with Gasteiger partial charge in [0.1, 0.15) is 0 Å². The molecule has 0 aromatic heterocycles. The van der Waals surface area contributed by atoms with Crippen LogP contribution in [-0.2, 0) is 4.79 Å². The Hall–Kier alpha value is -1.46. The lowest BCUT2D eigenvalue weighted by Gasteiger charge is -2.35. The zero-order valence-electron chi connectivity index (χ0n) is 13.5. The van der Waals surface area contributed by atoms with E-state index in [9.17, 15) is 4.79 Å². The molecule has 1 saturated heterocycles. The Morgan fingerprint density at radius 3 is 2.08 bits per heavy atom. The zero-order valence-corrected chi connectivity index (χ0v) is 15.8. The quantitative estimate of drug-likeness (QED) is 0.829. The van der Waals surface area contributed by atoms with E-state index >= 15 is 0 Å². The molecule has 2 aromatic rings. The summed E-state index contributed by atoms with van der Waals surface area (Å²) in [7, 11) is 0. The van der Waals surface area contributed by atoms with Gasteiger partial charge in [-0.05, 0) is 42.5 Å². The van der Waals surface area contributed by atoms with Crippen molar-refractivity contribution in [2.75, 3.05) is 42.9 Å². The van der Waals surface area contributed by atoms with Gasteiger partial charge in [0.2, 0.25) is 5.91 Å². The summed E-state index contributed by atoms with van der Waals surface area (Å²) in [5.74, 6) is -0.0710. The predicted molar refractivity (Wildman–Crippen MR) is 105 cm³/mol. The molecule has 132 valence electrons. The number of amides is 1. The molecule has 0 unspecified atom stereocenters. The van der Waals surface area contributed by atoms with Gasteiger partial charge in [0.15, 0.2) is 0 Å². The topological polar surface area (TPSA) is 35.6 Å². The normalized spacial score (nSPS) is 15.2. The second-order valence-electron chi connectivity index (χ2n) is 5.95. The fourth-order valence-electron chi connectivity index (χ4n) is 2.85. The summed E-state index contributed by atoms with van der Waals surface area (Å²) in [5.41, 5.74) is 1.77. The van der Waals surface area contributed by atoms with Crippen molar-refractivity contribution in [3.05, 3.63) is 57.5 Å². The first-order valence-electron chi connectivity index (χ1n) is 7.98. The molecule has 1 aliphatic rings. The number of piperazine rings is 1. The number of hydrogen-bond donors (Lipinski definition) is 1. The number of halogens is 3. The standard InChI is InChI=1S/C18H18Cl3N3O/c19-13-1-3-17(4-2-13)24-7-5-23(6-8-24)12-18(25)22-16-10-14(20)9-15(21)11-16/h1-4,9-11H,5-8,12H2,(H,22,25). The molecule has 7 heteroatoms. The van der Waals surface area contributed by atoms with E-state index in [0.29, 0.717) is 22.3 Å². The Morgan fingerprint density at radius 1 is 0.880 bits per heavy atom. The third-order valence-corrected chi connectivity index (χ3v) is 4.77. The third kappa shape index (κ3) is 5.25. The van der Waals surface area contributed by atoms with Gasteiger partial charge in [0, 0.05) is 52.6 Å². The molecule has 0 bridgehead atoms. The van der Waals surface area contributed by atoms with E-state index in [-0.39, 0.29) is 5.91 Å². The predicted octanol–water partition coefficient (Wildman–Crippen LogP) is 4.41. The highest BCUT2D eigenvalue weighted by molar-refractivity contribution is 6.35. The minimum absolute atomic E-state index is 0.0710. The van der Waals surface area contributed by atoms with Gasteiger partial charge in [-0.15, -0.1) is 0 Å². The van der Waals surface area contributed by atoms with Gasteiger partial charge in [0.05, 0.1) is 6.54 Å². The summed E-state index contributed by atoms with van der Waals surface area (Å²) in [6, 6.07) is 12.8. The highest BCUT2D eigenvalue weighted by Gasteiger charge is 2.19. The second-order valence-corrected chi connectivity index (χ2v) is 7.26. The van der Waals surface area contributed by atoms with Crippen molar-refractivity contribution < 1.29 is 4.79 Å². The van der Waals surface area contributed by atoms with E-state index in [2.05, 4.69) is 15.1 Å². The molecule has 0 radical (unpaired) electrons. The van der Waals surface area contributed by atoms with Crippen LogP contribution >= 0.6 is 34.8 Å². The molecular formula is C18H18Cl3N3O. The molecule has 1 amide bonds. The van der Waals surface area contributed by atoms with Crippen LogP contribution in [0.4, 0.5) is 11.4 Å². The molecule has 1 N–H and O–H groups in total. The lowest BCUT2D eigenvalue weighted by Crippen LogP contribution is -2.48. The minimum Gasteiger partial charge on any atom is -0.369 e. The van der Waals surface area contributed by atoms with Crippen LogP contribution in [0.2, 0.25) is 15.1 Å². The summed E-state index contributed by atoms with van der Waals surface area (Å²) < 4.78 is 0. The molecule has 1 heterocycles. The molecule has 2 aromatic carbocycles. The molecule has 1 aliphatic heterocycles. The number of rotatable bonds is 4. The van der Waals surface area contributed by atoms with E-state index in [4.69, 9.17) is 34.8 Å². The summed E-state index contributed by atoms with van der Waals surface area (Å²) in [6.45, 7) is 3.74. The number of nitrogens with zero attached hydrogens (tertiary/aromatic N) is 2. The van der Waals surface area contributed by atoms with Gasteiger partial charge < -0.3 is 10.2 Å². The number of anilines is 2. The molecule has 0 atom stereocenters. The Bertz CT molecular complexity index is 723. The number of benzene rings is 2. The SMILES string of the molecule is O=C(CN1CCN(c2ccc(Cl)cc2)CC1)Nc1cc(Cl)cc(Cl)c1. The number of nitrogens with one attached hydrogen (secondary N) is 1.